The van der Waals surface area contributed by atoms with Gasteiger partial charge in [0.2, 0.25) is 17.7 Å². The van der Waals surface area contributed by atoms with Crippen LogP contribution in [-0.4, -0.2) is 61.1 Å². The van der Waals surface area contributed by atoms with Gasteiger partial charge in [-0.25, -0.2) is 13.4 Å². The van der Waals surface area contributed by atoms with Crippen molar-refractivity contribution in [2.24, 2.45) is 5.41 Å². The average molecular weight is 632 g/mol. The first-order valence-electron chi connectivity index (χ1n) is 15.5. The number of sulfone groups is 1. The normalized spacial score (nSPS) is 18.0. The quantitative estimate of drug-likeness (QED) is 0.291. The number of aryl methyl sites for hydroxylation is 1. The van der Waals surface area contributed by atoms with Gasteiger partial charge in [-0.1, -0.05) is 43.3 Å². The van der Waals surface area contributed by atoms with Gasteiger partial charge < -0.3 is 20.9 Å². The van der Waals surface area contributed by atoms with Crippen molar-refractivity contribution in [2.75, 3.05) is 35.7 Å². The van der Waals surface area contributed by atoms with Gasteiger partial charge in [-0.2, -0.15) is 0 Å². The van der Waals surface area contributed by atoms with Gasteiger partial charge in [-0.15, -0.1) is 0 Å². The van der Waals surface area contributed by atoms with Gasteiger partial charge in [0.05, 0.1) is 22.8 Å². The number of pyridine rings is 1. The first kappa shape index (κ1) is 32.3. The molecular formula is C34H41N5O5S. The zero-order valence-electron chi connectivity index (χ0n) is 25.8. The van der Waals surface area contributed by atoms with Crippen LogP contribution in [0.3, 0.4) is 0 Å². The number of nitrogens with zero attached hydrogens (tertiary/aromatic N) is 2. The summed E-state index contributed by atoms with van der Waals surface area (Å²) in [7, 11) is -1.33. The largest absolute Gasteiger partial charge is 0.329 e. The van der Waals surface area contributed by atoms with E-state index in [1.54, 1.807) is 23.2 Å². The molecule has 0 bridgehead atoms. The number of benzene rings is 2. The third-order valence-electron chi connectivity index (χ3n) is 9.12. The Labute approximate surface area is 264 Å². The Kier molecular flexibility index (Phi) is 9.99. The highest BCUT2D eigenvalue weighted by Gasteiger charge is 2.44. The maximum absolute atomic E-state index is 14.2. The Morgan fingerprint density at radius 1 is 0.978 bits per heavy atom. The molecular weight excluding hydrogens is 590 g/mol. The molecule has 1 saturated heterocycles. The van der Waals surface area contributed by atoms with Crippen LogP contribution < -0.4 is 16.0 Å². The molecule has 5 rings (SSSR count). The van der Waals surface area contributed by atoms with E-state index >= 15 is 0 Å². The monoisotopic (exact) mass is 631 g/mol. The lowest BCUT2D eigenvalue weighted by Gasteiger charge is -2.39. The molecule has 1 fully saturated rings. The van der Waals surface area contributed by atoms with Gasteiger partial charge in [0.25, 0.3) is 0 Å². The fourth-order valence-corrected chi connectivity index (χ4v) is 8.05. The lowest BCUT2D eigenvalue weighted by atomic mass is 9.78. The van der Waals surface area contributed by atoms with Crippen LogP contribution in [0.15, 0.2) is 66.9 Å². The summed E-state index contributed by atoms with van der Waals surface area (Å²) < 4.78 is 24.5. The number of hydrogen-bond donors (Lipinski definition) is 3. The van der Waals surface area contributed by atoms with Crippen LogP contribution in [0, 0.1) is 5.41 Å². The van der Waals surface area contributed by atoms with Crippen LogP contribution in [-0.2, 0) is 43.7 Å². The van der Waals surface area contributed by atoms with Gasteiger partial charge in [0.15, 0.2) is 0 Å². The lowest BCUT2D eigenvalue weighted by molar-refractivity contribution is -0.145. The molecule has 3 N–H and O–H groups in total. The predicted octanol–water partition coefficient (Wildman–Crippen LogP) is 4.04. The Morgan fingerprint density at radius 3 is 2.40 bits per heavy atom. The minimum atomic E-state index is -3.18. The highest BCUT2D eigenvalue weighted by Crippen LogP contribution is 2.39. The van der Waals surface area contributed by atoms with Crippen molar-refractivity contribution < 1.29 is 22.8 Å². The van der Waals surface area contributed by atoms with Crippen LogP contribution in [0.2, 0.25) is 0 Å². The first-order chi connectivity index (χ1) is 21.6. The Bertz CT molecular complexity index is 1650. The van der Waals surface area contributed by atoms with Crippen molar-refractivity contribution in [1.29, 1.82) is 0 Å². The van der Waals surface area contributed by atoms with Crippen molar-refractivity contribution in [3.05, 3.63) is 89.1 Å². The van der Waals surface area contributed by atoms with E-state index in [1.807, 2.05) is 62.5 Å². The molecule has 0 radical (unpaired) electrons. The maximum atomic E-state index is 14.2. The van der Waals surface area contributed by atoms with E-state index in [9.17, 15) is 22.8 Å². The minimum Gasteiger partial charge on any atom is -0.329 e. The molecule has 1 aromatic heterocycles. The highest BCUT2D eigenvalue weighted by atomic mass is 32.2. The summed E-state index contributed by atoms with van der Waals surface area (Å²) in [6, 6.07) is 18.7. The molecule has 1 aliphatic carbocycles. The number of carbonyl (C=O) groups is 3. The summed E-state index contributed by atoms with van der Waals surface area (Å²) >= 11 is 0. The smallest absolute Gasteiger partial charge is 0.244 e. The number of rotatable bonds is 11. The molecule has 2 aliphatic rings. The van der Waals surface area contributed by atoms with E-state index in [-0.39, 0.29) is 61.1 Å². The van der Waals surface area contributed by atoms with Gasteiger partial charge in [-0.3, -0.25) is 14.4 Å². The zero-order valence-corrected chi connectivity index (χ0v) is 26.7. The predicted molar refractivity (Wildman–Crippen MR) is 174 cm³/mol. The summed E-state index contributed by atoms with van der Waals surface area (Å²) in [6.07, 6.45) is 4.02. The van der Waals surface area contributed by atoms with Crippen LogP contribution in [0.25, 0.3) is 0 Å². The third-order valence-corrected chi connectivity index (χ3v) is 10.8. The van der Waals surface area contributed by atoms with E-state index in [0.717, 1.165) is 28.7 Å². The molecule has 238 valence electrons. The average Bonchev–Trinajstić information content (AvgIpc) is 3.46. The van der Waals surface area contributed by atoms with Crippen molar-refractivity contribution in [1.82, 2.24) is 15.2 Å². The molecule has 0 unspecified atom stereocenters. The topological polar surface area (TPSA) is 138 Å². The lowest BCUT2D eigenvalue weighted by Crippen LogP contribution is -2.49. The molecule has 45 heavy (non-hydrogen) atoms. The second-order valence-electron chi connectivity index (χ2n) is 12.0. The molecule has 0 spiro atoms. The molecule has 2 aromatic carbocycles. The molecule has 2 heterocycles. The van der Waals surface area contributed by atoms with E-state index in [0.29, 0.717) is 30.9 Å². The summed E-state index contributed by atoms with van der Waals surface area (Å²) in [5, 5.41) is 8.99. The Balaban J connectivity index is 1.35. The molecule has 3 aromatic rings. The molecule has 1 atom stereocenters. The summed E-state index contributed by atoms with van der Waals surface area (Å²) in [6.45, 7) is 2.54. The number of nitrogens with one attached hydrogen (secondary N) is 3. The van der Waals surface area contributed by atoms with E-state index < -0.39 is 15.3 Å². The molecule has 0 saturated carbocycles. The molecule has 1 aliphatic heterocycles. The summed E-state index contributed by atoms with van der Waals surface area (Å²) in [5.74, 6) is -0.659. The molecule has 11 heteroatoms. The fourth-order valence-electron chi connectivity index (χ4n) is 6.44. The van der Waals surface area contributed by atoms with Crippen LogP contribution in [0.5, 0.6) is 0 Å². The second kappa shape index (κ2) is 13.9. The zero-order chi connectivity index (χ0) is 32.0. The van der Waals surface area contributed by atoms with Crippen molar-refractivity contribution >= 4 is 39.1 Å². The van der Waals surface area contributed by atoms with Crippen LogP contribution in [0.1, 0.15) is 60.8 Å². The number of amides is 3. The van der Waals surface area contributed by atoms with Gasteiger partial charge in [0, 0.05) is 25.0 Å². The summed E-state index contributed by atoms with van der Waals surface area (Å²) in [5.41, 5.74) is 3.57. The van der Waals surface area contributed by atoms with Crippen molar-refractivity contribution in [3.8, 4) is 0 Å². The minimum absolute atomic E-state index is 0.0346. The van der Waals surface area contributed by atoms with Gasteiger partial charge in [0.1, 0.15) is 22.2 Å². The van der Waals surface area contributed by atoms with E-state index in [1.165, 1.54) is 0 Å². The number of anilines is 2. The number of hydrogen-bond acceptors (Lipinski definition) is 7. The van der Waals surface area contributed by atoms with Crippen molar-refractivity contribution in [2.45, 2.75) is 58.0 Å². The van der Waals surface area contributed by atoms with E-state index in [4.69, 9.17) is 0 Å². The molecule has 3 amide bonds. The Hall–Kier alpha value is -4.09. The number of aromatic nitrogens is 1. The Morgan fingerprint density at radius 2 is 1.71 bits per heavy atom. The van der Waals surface area contributed by atoms with Gasteiger partial charge in [-0.05, 0) is 85.7 Å². The van der Waals surface area contributed by atoms with Gasteiger partial charge >= 0.3 is 0 Å². The standard InChI is InChI=1S/C34H41N5O5S/c1-3-34(15-18-45(43,44)19-16-34)33(42)39(22-26-9-5-4-8-25(26)21-35-2)23-31(40)37-27-13-11-24-12-14-28(29(24)20-27)32(41)38-30-10-6-7-17-36-30/h4-11,13,17,20,28,35H,3,12,14-16,18-19,21-23H2,1-2H3,(H,37,40)(H,36,38,41)/t28-/m1/s1. The number of fused-ring (bicyclic) bond motifs is 1. The second-order valence-corrected chi connectivity index (χ2v) is 14.3. The SMILES string of the molecule is CCC1(C(=O)N(CC(=O)Nc2ccc3c(c2)[C@H](C(=O)Nc2ccccn2)CC3)Cc2ccccc2CNC)CCS(=O)(=O)CC1. The summed E-state index contributed by atoms with van der Waals surface area (Å²) in [4.78, 5) is 46.7. The molecule has 10 nitrogen and oxygen atoms in total. The third kappa shape index (κ3) is 7.59. The highest BCUT2D eigenvalue weighted by molar-refractivity contribution is 7.91. The van der Waals surface area contributed by atoms with Crippen molar-refractivity contribution in [3.63, 3.8) is 0 Å². The van der Waals surface area contributed by atoms with Crippen LogP contribution in [0.4, 0.5) is 11.5 Å². The maximum Gasteiger partial charge on any atom is 0.244 e. The first-order valence-corrected chi connectivity index (χ1v) is 17.3. The number of carbonyl (C=O) groups excluding carboxylic acids is 3. The van der Waals surface area contributed by atoms with E-state index in [2.05, 4.69) is 20.9 Å². The van der Waals surface area contributed by atoms with Crippen LogP contribution >= 0.6 is 0 Å². The fraction of sp³-hybridized carbons (Fsp3) is 0.412.